The SMILES string of the molecule is Cc1ccc(S(=O)(=O)N2CC(c3ccccc3)C=C2c2ccc([N+](=O)[O-])cc2)cc1. The Kier molecular flexibility index (Phi) is 5.13. The molecule has 30 heavy (non-hydrogen) atoms. The molecule has 0 N–H and O–H groups in total. The lowest BCUT2D eigenvalue weighted by molar-refractivity contribution is -0.384. The van der Waals surface area contributed by atoms with Crippen LogP contribution in [0.5, 0.6) is 0 Å². The van der Waals surface area contributed by atoms with Gasteiger partial charge in [-0.05, 0) is 42.3 Å². The Morgan fingerprint density at radius 3 is 2.17 bits per heavy atom. The van der Waals surface area contributed by atoms with Crippen molar-refractivity contribution in [2.45, 2.75) is 17.7 Å². The third-order valence-electron chi connectivity index (χ3n) is 5.20. The van der Waals surface area contributed by atoms with E-state index in [0.717, 1.165) is 11.1 Å². The molecule has 0 amide bonds. The molecule has 4 rings (SSSR count). The molecule has 1 aliphatic heterocycles. The molecule has 0 fully saturated rings. The van der Waals surface area contributed by atoms with Crippen LogP contribution < -0.4 is 0 Å². The fourth-order valence-corrected chi connectivity index (χ4v) is 5.08. The van der Waals surface area contributed by atoms with Crippen molar-refractivity contribution < 1.29 is 13.3 Å². The Morgan fingerprint density at radius 1 is 0.933 bits per heavy atom. The zero-order valence-electron chi connectivity index (χ0n) is 16.3. The second-order valence-corrected chi connectivity index (χ2v) is 9.08. The first-order chi connectivity index (χ1) is 14.4. The number of rotatable bonds is 5. The van der Waals surface area contributed by atoms with Crippen LogP contribution in [0.3, 0.4) is 0 Å². The van der Waals surface area contributed by atoms with Gasteiger partial charge in [0.05, 0.1) is 15.5 Å². The molecule has 0 aliphatic carbocycles. The van der Waals surface area contributed by atoms with Crippen molar-refractivity contribution in [3.63, 3.8) is 0 Å². The lowest BCUT2D eigenvalue weighted by Crippen LogP contribution is -2.29. The van der Waals surface area contributed by atoms with Gasteiger partial charge in [0.15, 0.2) is 0 Å². The fraction of sp³-hybridized carbons (Fsp3) is 0.130. The van der Waals surface area contributed by atoms with Gasteiger partial charge >= 0.3 is 0 Å². The Balaban J connectivity index is 1.78. The Labute approximate surface area is 175 Å². The van der Waals surface area contributed by atoms with Crippen LogP contribution in [-0.2, 0) is 10.0 Å². The summed E-state index contributed by atoms with van der Waals surface area (Å²) < 4.78 is 28.3. The summed E-state index contributed by atoms with van der Waals surface area (Å²) in [7, 11) is -3.79. The van der Waals surface area contributed by atoms with Crippen molar-refractivity contribution in [1.82, 2.24) is 4.31 Å². The molecular weight excluding hydrogens is 400 g/mol. The average molecular weight is 420 g/mol. The molecule has 0 saturated carbocycles. The second kappa shape index (κ2) is 7.76. The molecule has 0 spiro atoms. The van der Waals surface area contributed by atoms with Crippen LogP contribution in [0, 0.1) is 17.0 Å². The summed E-state index contributed by atoms with van der Waals surface area (Å²) >= 11 is 0. The lowest BCUT2D eigenvalue weighted by atomic mass is 10.00. The molecule has 3 aromatic carbocycles. The number of hydrogen-bond acceptors (Lipinski definition) is 4. The molecule has 0 aromatic heterocycles. The molecule has 1 aliphatic rings. The molecule has 1 atom stereocenters. The van der Waals surface area contributed by atoms with E-state index in [-0.39, 0.29) is 23.0 Å². The third kappa shape index (κ3) is 3.71. The van der Waals surface area contributed by atoms with Crippen LogP contribution >= 0.6 is 0 Å². The predicted octanol–water partition coefficient (Wildman–Crippen LogP) is 4.73. The van der Waals surface area contributed by atoms with Crippen LogP contribution in [0.25, 0.3) is 5.70 Å². The highest BCUT2D eigenvalue weighted by atomic mass is 32.2. The second-order valence-electron chi connectivity index (χ2n) is 7.22. The third-order valence-corrected chi connectivity index (χ3v) is 6.99. The number of nitrogens with zero attached hydrogens (tertiary/aromatic N) is 2. The first-order valence-corrected chi connectivity index (χ1v) is 10.9. The zero-order valence-corrected chi connectivity index (χ0v) is 17.1. The van der Waals surface area contributed by atoms with Crippen LogP contribution in [0.2, 0.25) is 0 Å². The highest BCUT2D eigenvalue weighted by molar-refractivity contribution is 7.89. The van der Waals surface area contributed by atoms with Gasteiger partial charge in [0, 0.05) is 24.6 Å². The van der Waals surface area contributed by atoms with Gasteiger partial charge in [-0.1, -0.05) is 54.1 Å². The standard InChI is InChI=1S/C23H20N2O4S/c1-17-7-13-22(14-8-17)30(28,29)24-16-20(18-5-3-2-4-6-18)15-23(24)19-9-11-21(12-10-19)25(26)27/h2-15,20H,16H2,1H3. The molecule has 152 valence electrons. The molecule has 0 saturated heterocycles. The van der Waals surface area contributed by atoms with E-state index in [4.69, 9.17) is 0 Å². The fourth-order valence-electron chi connectivity index (χ4n) is 3.56. The average Bonchev–Trinajstić information content (AvgIpc) is 3.21. The van der Waals surface area contributed by atoms with E-state index in [0.29, 0.717) is 11.3 Å². The monoisotopic (exact) mass is 420 g/mol. The minimum absolute atomic E-state index is 0.0371. The van der Waals surface area contributed by atoms with E-state index in [1.165, 1.54) is 16.4 Å². The topological polar surface area (TPSA) is 80.5 Å². The minimum atomic E-state index is -3.79. The van der Waals surface area contributed by atoms with E-state index < -0.39 is 14.9 Å². The quantitative estimate of drug-likeness (QED) is 0.441. The zero-order chi connectivity index (χ0) is 21.3. The molecule has 7 heteroatoms. The van der Waals surface area contributed by atoms with E-state index in [1.54, 1.807) is 36.4 Å². The molecule has 0 bridgehead atoms. The van der Waals surface area contributed by atoms with Crippen LogP contribution in [0.4, 0.5) is 5.69 Å². The van der Waals surface area contributed by atoms with Crippen molar-refractivity contribution in [2.75, 3.05) is 6.54 Å². The number of nitro benzene ring substituents is 1. The van der Waals surface area contributed by atoms with Gasteiger partial charge in [-0.15, -0.1) is 0 Å². The normalized spacial score (nSPS) is 16.4. The number of aryl methyl sites for hydroxylation is 1. The summed E-state index contributed by atoms with van der Waals surface area (Å²) in [6, 6.07) is 22.4. The van der Waals surface area contributed by atoms with Gasteiger partial charge in [-0.25, -0.2) is 8.42 Å². The van der Waals surface area contributed by atoms with Crippen molar-refractivity contribution in [2.24, 2.45) is 0 Å². The molecule has 0 radical (unpaired) electrons. The van der Waals surface area contributed by atoms with Crippen LogP contribution in [0.1, 0.15) is 22.6 Å². The van der Waals surface area contributed by atoms with Crippen molar-refractivity contribution in [3.05, 3.63) is 112 Å². The smallest absolute Gasteiger partial charge is 0.265 e. The molecular formula is C23H20N2O4S. The largest absolute Gasteiger partial charge is 0.269 e. The van der Waals surface area contributed by atoms with Gasteiger partial charge in [-0.2, -0.15) is 0 Å². The summed E-state index contributed by atoms with van der Waals surface area (Å²) in [6.45, 7) is 2.17. The summed E-state index contributed by atoms with van der Waals surface area (Å²) in [5, 5.41) is 11.0. The van der Waals surface area contributed by atoms with Gasteiger partial charge in [0.2, 0.25) is 0 Å². The minimum Gasteiger partial charge on any atom is -0.265 e. The number of hydrogen-bond donors (Lipinski definition) is 0. The number of sulfonamides is 1. The molecule has 1 unspecified atom stereocenters. The summed E-state index contributed by atoms with van der Waals surface area (Å²) in [5.41, 5.74) is 3.10. The first-order valence-electron chi connectivity index (χ1n) is 9.47. The number of benzene rings is 3. The van der Waals surface area contributed by atoms with Gasteiger partial charge in [0.1, 0.15) is 0 Å². The maximum absolute atomic E-state index is 13.5. The Bertz CT molecular complexity index is 1200. The highest BCUT2D eigenvalue weighted by Gasteiger charge is 2.35. The van der Waals surface area contributed by atoms with Crippen molar-refractivity contribution in [1.29, 1.82) is 0 Å². The summed E-state index contributed by atoms with van der Waals surface area (Å²) in [4.78, 5) is 10.7. The van der Waals surface area contributed by atoms with Gasteiger partial charge < -0.3 is 0 Å². The Hall–Kier alpha value is -3.45. The number of non-ortho nitro benzene ring substituents is 1. The maximum Gasteiger partial charge on any atom is 0.269 e. The highest BCUT2D eigenvalue weighted by Crippen LogP contribution is 2.38. The van der Waals surface area contributed by atoms with Crippen LogP contribution in [-0.4, -0.2) is 24.2 Å². The molecule has 6 nitrogen and oxygen atoms in total. The maximum atomic E-state index is 13.5. The summed E-state index contributed by atoms with van der Waals surface area (Å²) in [5.74, 6) is -0.114. The van der Waals surface area contributed by atoms with Gasteiger partial charge in [-0.3, -0.25) is 14.4 Å². The van der Waals surface area contributed by atoms with E-state index in [2.05, 4.69) is 0 Å². The lowest BCUT2D eigenvalue weighted by Gasteiger charge is -2.23. The van der Waals surface area contributed by atoms with Gasteiger partial charge in [0.25, 0.3) is 15.7 Å². The predicted molar refractivity (Wildman–Crippen MR) is 115 cm³/mol. The van der Waals surface area contributed by atoms with E-state index in [1.807, 2.05) is 43.3 Å². The Morgan fingerprint density at radius 2 is 1.57 bits per heavy atom. The number of nitro groups is 1. The molecule has 3 aromatic rings. The van der Waals surface area contributed by atoms with E-state index in [9.17, 15) is 18.5 Å². The first kappa shape index (κ1) is 19.8. The van der Waals surface area contributed by atoms with Crippen LogP contribution in [0.15, 0.2) is 89.8 Å². The van der Waals surface area contributed by atoms with E-state index >= 15 is 0 Å². The van der Waals surface area contributed by atoms with Crippen molar-refractivity contribution >= 4 is 21.4 Å². The van der Waals surface area contributed by atoms with Crippen molar-refractivity contribution in [3.8, 4) is 0 Å². The summed E-state index contributed by atoms with van der Waals surface area (Å²) in [6.07, 6.45) is 1.92. The molecule has 1 heterocycles.